The zero-order chi connectivity index (χ0) is 25.1. The van der Waals surface area contributed by atoms with Gasteiger partial charge in [0.15, 0.2) is 17.3 Å². The van der Waals surface area contributed by atoms with Gasteiger partial charge in [0.1, 0.15) is 12.4 Å². The SMILES string of the molecule is C=CCOc1ccc(/C=C/C(=O)CC2CN(c3ccc(F)c(OC)c3)CCN2)c(C)c1C.CC. The van der Waals surface area contributed by atoms with E-state index >= 15 is 0 Å². The maximum Gasteiger partial charge on any atom is 0.165 e. The van der Waals surface area contributed by atoms with Crippen molar-refractivity contribution < 1.29 is 18.7 Å². The first kappa shape index (κ1) is 27.1. The third-order valence-electron chi connectivity index (χ3n) is 5.79. The van der Waals surface area contributed by atoms with Crippen molar-refractivity contribution in [2.24, 2.45) is 0 Å². The highest BCUT2D eigenvalue weighted by Gasteiger charge is 2.22. The molecular weight excluding hydrogens is 431 g/mol. The summed E-state index contributed by atoms with van der Waals surface area (Å²) in [5.74, 6) is 0.733. The summed E-state index contributed by atoms with van der Waals surface area (Å²) in [5.41, 5.74) is 4.03. The van der Waals surface area contributed by atoms with E-state index in [0.29, 0.717) is 19.6 Å². The molecule has 2 aromatic carbocycles. The third-order valence-corrected chi connectivity index (χ3v) is 5.79. The summed E-state index contributed by atoms with van der Waals surface area (Å²) in [4.78, 5) is 14.8. The van der Waals surface area contributed by atoms with Crippen molar-refractivity contribution in [1.82, 2.24) is 5.32 Å². The fourth-order valence-corrected chi connectivity index (χ4v) is 3.84. The van der Waals surface area contributed by atoms with E-state index in [9.17, 15) is 9.18 Å². The molecule has 6 heteroatoms. The fraction of sp³-hybridized carbons (Fsp3) is 0.393. The standard InChI is InChI=1S/C26H31FN2O3.C2H6/c1-5-14-32-25-11-7-20(18(2)19(25)3)6-9-23(30)15-21-17-29(13-12-28-21)22-8-10-24(27)26(16-22)31-4;1-2/h5-11,16,21,28H,1,12-15,17H2,2-4H3;1-2H3/b9-6+;. The predicted octanol–water partition coefficient (Wildman–Crippen LogP) is 5.49. The molecule has 0 amide bonds. The first-order chi connectivity index (χ1) is 16.4. The van der Waals surface area contributed by atoms with Crippen LogP contribution in [0.5, 0.6) is 11.5 Å². The molecule has 1 unspecified atom stereocenters. The van der Waals surface area contributed by atoms with Crippen molar-refractivity contribution in [3.05, 3.63) is 71.6 Å². The quantitative estimate of drug-likeness (QED) is 0.389. The molecule has 1 fully saturated rings. The Labute approximate surface area is 203 Å². The maximum absolute atomic E-state index is 13.7. The van der Waals surface area contributed by atoms with Crippen molar-refractivity contribution in [3.63, 3.8) is 0 Å². The lowest BCUT2D eigenvalue weighted by Gasteiger charge is -2.35. The zero-order valence-electron chi connectivity index (χ0n) is 21.0. The number of allylic oxidation sites excluding steroid dienone is 1. The minimum atomic E-state index is -0.380. The van der Waals surface area contributed by atoms with Gasteiger partial charge in [0.25, 0.3) is 0 Å². The van der Waals surface area contributed by atoms with Crippen molar-refractivity contribution in [2.45, 2.75) is 40.2 Å². The van der Waals surface area contributed by atoms with Crippen LogP contribution in [-0.4, -0.2) is 45.2 Å². The summed E-state index contributed by atoms with van der Waals surface area (Å²) < 4.78 is 24.5. The Morgan fingerprint density at radius 2 is 1.97 bits per heavy atom. The van der Waals surface area contributed by atoms with E-state index in [0.717, 1.165) is 41.2 Å². The molecule has 3 rings (SSSR count). The molecule has 0 aromatic heterocycles. The van der Waals surface area contributed by atoms with Crippen molar-refractivity contribution in [3.8, 4) is 11.5 Å². The van der Waals surface area contributed by atoms with Crippen LogP contribution in [-0.2, 0) is 4.79 Å². The van der Waals surface area contributed by atoms with Gasteiger partial charge in [-0.3, -0.25) is 4.79 Å². The molecule has 1 saturated heterocycles. The topological polar surface area (TPSA) is 50.8 Å². The Kier molecular flexibility index (Phi) is 10.8. The van der Waals surface area contributed by atoms with Crippen molar-refractivity contribution >= 4 is 17.5 Å². The number of anilines is 1. The van der Waals surface area contributed by atoms with Gasteiger partial charge in [0.05, 0.1) is 7.11 Å². The van der Waals surface area contributed by atoms with E-state index in [4.69, 9.17) is 9.47 Å². The van der Waals surface area contributed by atoms with Crippen LogP contribution in [0.15, 0.2) is 49.1 Å². The Morgan fingerprint density at radius 1 is 1.21 bits per heavy atom. The zero-order valence-corrected chi connectivity index (χ0v) is 21.0. The highest BCUT2D eigenvalue weighted by molar-refractivity contribution is 5.94. The molecule has 2 aromatic rings. The summed E-state index contributed by atoms with van der Waals surface area (Å²) in [6.07, 6.45) is 5.62. The normalized spacial score (nSPS) is 15.5. The largest absolute Gasteiger partial charge is 0.494 e. The highest BCUT2D eigenvalue weighted by Crippen LogP contribution is 2.26. The Morgan fingerprint density at radius 3 is 2.68 bits per heavy atom. The lowest BCUT2D eigenvalue weighted by molar-refractivity contribution is -0.115. The smallest absolute Gasteiger partial charge is 0.165 e. The number of benzene rings is 2. The number of hydrogen-bond donors (Lipinski definition) is 1. The van der Waals surface area contributed by atoms with Crippen molar-refractivity contribution in [2.75, 3.05) is 38.3 Å². The Balaban J connectivity index is 0.00000199. The van der Waals surface area contributed by atoms with Crippen LogP contribution in [0.1, 0.15) is 37.0 Å². The number of ketones is 1. The van der Waals surface area contributed by atoms with Gasteiger partial charge >= 0.3 is 0 Å². The monoisotopic (exact) mass is 468 g/mol. The highest BCUT2D eigenvalue weighted by atomic mass is 19.1. The average Bonchev–Trinajstić information content (AvgIpc) is 2.86. The Bertz CT molecular complexity index is 1000. The van der Waals surface area contributed by atoms with E-state index in [2.05, 4.69) is 16.8 Å². The van der Waals surface area contributed by atoms with E-state index < -0.39 is 0 Å². The van der Waals surface area contributed by atoms with Gasteiger partial charge in [0, 0.05) is 43.9 Å². The lowest BCUT2D eigenvalue weighted by atomic mass is 10.0. The molecular formula is C28H37FN2O3. The molecule has 0 spiro atoms. The number of carbonyl (C=O) groups excluding carboxylic acids is 1. The second-order valence-electron chi connectivity index (χ2n) is 7.92. The van der Waals surface area contributed by atoms with Crippen LogP contribution in [0.3, 0.4) is 0 Å². The minimum absolute atomic E-state index is 0.0226. The van der Waals surface area contributed by atoms with E-state index in [1.54, 1.807) is 24.3 Å². The van der Waals surface area contributed by atoms with Crippen molar-refractivity contribution in [1.29, 1.82) is 0 Å². The molecule has 5 nitrogen and oxygen atoms in total. The summed E-state index contributed by atoms with van der Waals surface area (Å²) in [5, 5.41) is 3.41. The number of hydrogen-bond acceptors (Lipinski definition) is 5. The molecule has 1 aliphatic rings. The van der Waals surface area contributed by atoms with E-state index in [-0.39, 0.29) is 23.4 Å². The van der Waals surface area contributed by atoms with Crippen LogP contribution in [0, 0.1) is 19.7 Å². The number of halogens is 1. The van der Waals surface area contributed by atoms with Crippen LogP contribution >= 0.6 is 0 Å². The maximum atomic E-state index is 13.7. The molecule has 34 heavy (non-hydrogen) atoms. The Hall–Kier alpha value is -3.12. The number of carbonyl (C=O) groups is 1. The van der Waals surface area contributed by atoms with Crippen LogP contribution in [0.4, 0.5) is 10.1 Å². The van der Waals surface area contributed by atoms with E-state index in [1.165, 1.54) is 13.2 Å². The van der Waals surface area contributed by atoms with Gasteiger partial charge in [-0.15, -0.1) is 0 Å². The lowest BCUT2D eigenvalue weighted by Crippen LogP contribution is -2.51. The predicted molar refractivity (Wildman–Crippen MR) is 139 cm³/mol. The van der Waals surface area contributed by atoms with E-state index in [1.807, 2.05) is 45.9 Å². The van der Waals surface area contributed by atoms with Crippen LogP contribution < -0.4 is 19.7 Å². The summed E-state index contributed by atoms with van der Waals surface area (Å²) in [7, 11) is 1.46. The fourth-order valence-electron chi connectivity index (χ4n) is 3.84. The van der Waals surface area contributed by atoms with Gasteiger partial charge in [-0.1, -0.05) is 38.6 Å². The number of nitrogens with one attached hydrogen (secondary N) is 1. The number of ether oxygens (including phenoxy) is 2. The van der Waals surface area contributed by atoms with Gasteiger partial charge in [-0.05, 0) is 54.8 Å². The molecule has 1 N–H and O–H groups in total. The minimum Gasteiger partial charge on any atom is -0.494 e. The second-order valence-corrected chi connectivity index (χ2v) is 7.92. The molecule has 0 bridgehead atoms. The molecule has 1 aliphatic heterocycles. The number of methoxy groups -OCH3 is 1. The van der Waals surface area contributed by atoms with Gasteiger partial charge in [0.2, 0.25) is 0 Å². The van der Waals surface area contributed by atoms with Gasteiger partial charge in [-0.25, -0.2) is 4.39 Å². The number of rotatable bonds is 9. The summed E-state index contributed by atoms with van der Waals surface area (Å²) >= 11 is 0. The molecule has 0 radical (unpaired) electrons. The summed E-state index contributed by atoms with van der Waals surface area (Å²) in [6.45, 7) is 14.4. The number of nitrogens with zero attached hydrogens (tertiary/aromatic N) is 1. The van der Waals surface area contributed by atoms with Crippen LogP contribution in [0.2, 0.25) is 0 Å². The van der Waals surface area contributed by atoms with Gasteiger partial charge in [-0.2, -0.15) is 0 Å². The number of piperazine rings is 1. The molecule has 0 saturated carbocycles. The first-order valence-corrected chi connectivity index (χ1v) is 11.8. The molecule has 0 aliphatic carbocycles. The third kappa shape index (κ3) is 7.19. The van der Waals surface area contributed by atoms with Crippen LogP contribution in [0.25, 0.3) is 6.08 Å². The first-order valence-electron chi connectivity index (χ1n) is 11.8. The molecule has 184 valence electrons. The second kappa shape index (κ2) is 13.6. The average molecular weight is 469 g/mol. The van der Waals surface area contributed by atoms with Gasteiger partial charge < -0.3 is 19.7 Å². The molecule has 1 atom stereocenters. The summed E-state index contributed by atoms with van der Waals surface area (Å²) in [6, 6.07) is 8.77. The molecule has 1 heterocycles.